The molecule has 2 aliphatic rings. The van der Waals surface area contributed by atoms with E-state index in [0.29, 0.717) is 18.8 Å². The summed E-state index contributed by atoms with van der Waals surface area (Å²) in [5, 5.41) is -0.377. The van der Waals surface area contributed by atoms with Crippen molar-refractivity contribution in [2.45, 2.75) is 97.7 Å². The molecule has 2 unspecified atom stereocenters. The standard InChI is InChI=1S/C34H46FNO2S/c1-7-13-31-33(23-30(9-3)39(6,37)38)26(8-2)18-16-25(5)34(31)36-29-21-17-24(4)32(22-29)27-14-11-10-12-15-28(35)20-19-27/h12,15-17,19-22,26,30H,7-11,13-14,18,23H2,1-6H3. The molecule has 0 spiro atoms. The number of rotatable bonds is 9. The average molecular weight is 552 g/mol. The van der Waals surface area contributed by atoms with Crippen molar-refractivity contribution < 1.29 is 12.8 Å². The largest absolute Gasteiger partial charge is 0.248 e. The van der Waals surface area contributed by atoms with E-state index in [9.17, 15) is 12.8 Å². The van der Waals surface area contributed by atoms with E-state index in [4.69, 9.17) is 4.99 Å². The Kier molecular flexibility index (Phi) is 11.3. The maximum Gasteiger partial charge on any atom is 0.150 e. The van der Waals surface area contributed by atoms with Gasteiger partial charge in [-0.2, -0.15) is 0 Å². The molecule has 5 heteroatoms. The van der Waals surface area contributed by atoms with E-state index in [1.54, 1.807) is 12.2 Å². The topological polar surface area (TPSA) is 46.5 Å². The lowest BCUT2D eigenvalue weighted by atomic mass is 9.84. The van der Waals surface area contributed by atoms with Gasteiger partial charge in [0.2, 0.25) is 0 Å². The normalized spacial score (nSPS) is 20.9. The van der Waals surface area contributed by atoms with Crippen LogP contribution in [-0.2, 0) is 9.84 Å². The van der Waals surface area contributed by atoms with Gasteiger partial charge in [0.05, 0.1) is 16.6 Å². The van der Waals surface area contributed by atoms with Crippen LogP contribution in [0.5, 0.6) is 0 Å². The number of nitrogens with zero attached hydrogens (tertiary/aromatic N) is 1. The molecule has 0 radical (unpaired) electrons. The molecule has 0 heterocycles. The van der Waals surface area contributed by atoms with Gasteiger partial charge in [-0.05, 0) is 123 Å². The predicted molar refractivity (Wildman–Crippen MR) is 166 cm³/mol. The Morgan fingerprint density at radius 3 is 2.56 bits per heavy atom. The highest BCUT2D eigenvalue weighted by Gasteiger charge is 2.29. The third-order valence-electron chi connectivity index (χ3n) is 8.10. The Hall–Kier alpha value is -2.53. The van der Waals surface area contributed by atoms with Crippen LogP contribution in [0.2, 0.25) is 0 Å². The van der Waals surface area contributed by atoms with Crippen molar-refractivity contribution in [3.8, 4) is 0 Å². The molecule has 1 aromatic carbocycles. The van der Waals surface area contributed by atoms with E-state index in [1.807, 2.05) is 19.1 Å². The number of sulfone groups is 1. The molecule has 39 heavy (non-hydrogen) atoms. The van der Waals surface area contributed by atoms with E-state index in [0.717, 1.165) is 78.6 Å². The molecule has 2 atom stereocenters. The number of allylic oxidation sites excluding steroid dienone is 10. The van der Waals surface area contributed by atoms with Gasteiger partial charge in [-0.15, -0.1) is 0 Å². The highest BCUT2D eigenvalue weighted by Crippen LogP contribution is 2.37. The van der Waals surface area contributed by atoms with Crippen LogP contribution in [0.3, 0.4) is 0 Å². The molecule has 212 valence electrons. The van der Waals surface area contributed by atoms with E-state index < -0.39 is 9.84 Å². The summed E-state index contributed by atoms with van der Waals surface area (Å²) in [6, 6.07) is 6.30. The highest BCUT2D eigenvalue weighted by atomic mass is 32.2. The molecule has 0 aromatic heterocycles. The molecule has 3 rings (SSSR count). The molecule has 3 nitrogen and oxygen atoms in total. The maximum absolute atomic E-state index is 14.1. The van der Waals surface area contributed by atoms with Gasteiger partial charge in [0.1, 0.15) is 5.83 Å². The van der Waals surface area contributed by atoms with Gasteiger partial charge in [0, 0.05) is 6.26 Å². The zero-order valence-corrected chi connectivity index (χ0v) is 25.5. The van der Waals surface area contributed by atoms with Gasteiger partial charge >= 0.3 is 0 Å². The molecule has 0 amide bonds. The van der Waals surface area contributed by atoms with Crippen molar-refractivity contribution in [3.63, 3.8) is 0 Å². The highest BCUT2D eigenvalue weighted by molar-refractivity contribution is 7.91. The van der Waals surface area contributed by atoms with E-state index >= 15 is 0 Å². The zero-order chi connectivity index (χ0) is 28.6. The second-order valence-corrected chi connectivity index (χ2v) is 13.4. The number of hydrogen-bond donors (Lipinski definition) is 0. The fourth-order valence-electron chi connectivity index (χ4n) is 5.73. The minimum absolute atomic E-state index is 0.227. The summed E-state index contributed by atoms with van der Waals surface area (Å²) in [5.74, 6) is 0.0902. The fraction of sp³-hybridized carbons (Fsp3) is 0.500. The Bertz CT molecular complexity index is 1320. The smallest absolute Gasteiger partial charge is 0.150 e. The molecular weight excluding hydrogens is 505 g/mol. The number of hydrogen-bond acceptors (Lipinski definition) is 3. The van der Waals surface area contributed by atoms with Crippen molar-refractivity contribution in [3.05, 3.63) is 82.3 Å². The fourth-order valence-corrected chi connectivity index (χ4v) is 6.82. The molecule has 0 saturated heterocycles. The quantitative estimate of drug-likeness (QED) is 0.307. The number of aryl methyl sites for hydroxylation is 1. The van der Waals surface area contributed by atoms with Gasteiger partial charge in [-0.3, -0.25) is 0 Å². The Labute approximate surface area is 236 Å². The van der Waals surface area contributed by atoms with E-state index in [2.05, 4.69) is 52.0 Å². The predicted octanol–water partition coefficient (Wildman–Crippen LogP) is 9.73. The lowest BCUT2D eigenvalue weighted by Gasteiger charge is -2.25. The Morgan fingerprint density at radius 1 is 1.13 bits per heavy atom. The van der Waals surface area contributed by atoms with Gasteiger partial charge in [0.25, 0.3) is 0 Å². The Balaban J connectivity index is 2.17. The molecule has 1 aromatic rings. The first-order valence-corrected chi connectivity index (χ1v) is 16.5. The van der Waals surface area contributed by atoms with Crippen LogP contribution in [0.25, 0.3) is 5.57 Å². The first kappa shape index (κ1) is 31.0. The number of aliphatic imine (C=N–C) groups is 1. The lowest BCUT2D eigenvalue weighted by Crippen LogP contribution is -2.23. The summed E-state index contributed by atoms with van der Waals surface area (Å²) in [7, 11) is -3.15. The van der Waals surface area contributed by atoms with Crippen LogP contribution in [0.15, 0.2) is 76.1 Å². The average Bonchev–Trinajstić information content (AvgIpc) is 2.94. The lowest BCUT2D eigenvalue weighted by molar-refractivity contribution is 0.542. The Morgan fingerprint density at radius 2 is 1.90 bits per heavy atom. The first-order valence-electron chi connectivity index (χ1n) is 14.6. The molecule has 0 bridgehead atoms. The molecule has 0 saturated carbocycles. The van der Waals surface area contributed by atoms with Crippen molar-refractivity contribution in [1.29, 1.82) is 0 Å². The number of benzene rings is 1. The van der Waals surface area contributed by atoms with Crippen molar-refractivity contribution in [1.82, 2.24) is 0 Å². The van der Waals surface area contributed by atoms with Crippen LogP contribution in [0, 0.1) is 12.8 Å². The maximum atomic E-state index is 14.1. The SMILES string of the molecule is CCCC1=C(CC(CC)S(C)(=O)=O)C(CC)CC=C(C)C1=Nc1ccc(C)c(C2=CC=C(F)C=CCCC2)c1. The van der Waals surface area contributed by atoms with Crippen LogP contribution < -0.4 is 0 Å². The molecular formula is C34H46FNO2S. The minimum Gasteiger partial charge on any atom is -0.248 e. The van der Waals surface area contributed by atoms with E-state index in [-0.39, 0.29) is 11.1 Å². The van der Waals surface area contributed by atoms with Crippen molar-refractivity contribution >= 4 is 26.8 Å². The van der Waals surface area contributed by atoms with Crippen LogP contribution in [0.1, 0.15) is 96.6 Å². The third-order valence-corrected chi connectivity index (χ3v) is 9.81. The van der Waals surface area contributed by atoms with Gasteiger partial charge in [0.15, 0.2) is 9.84 Å². The summed E-state index contributed by atoms with van der Waals surface area (Å²) >= 11 is 0. The first-order chi connectivity index (χ1) is 18.6. The van der Waals surface area contributed by atoms with Crippen LogP contribution >= 0.6 is 0 Å². The minimum atomic E-state index is -3.15. The molecule has 0 aliphatic heterocycles. The monoisotopic (exact) mass is 551 g/mol. The van der Waals surface area contributed by atoms with E-state index in [1.165, 1.54) is 17.4 Å². The van der Waals surface area contributed by atoms with Crippen LogP contribution in [0.4, 0.5) is 10.1 Å². The number of halogens is 1. The van der Waals surface area contributed by atoms with Crippen LogP contribution in [-0.4, -0.2) is 25.6 Å². The summed E-state index contributed by atoms with van der Waals surface area (Å²) in [6.45, 7) is 10.6. The summed E-state index contributed by atoms with van der Waals surface area (Å²) in [5.41, 5.74) is 8.87. The third kappa shape index (κ3) is 8.23. The van der Waals surface area contributed by atoms with Gasteiger partial charge in [-0.1, -0.05) is 57.1 Å². The molecule has 0 N–H and O–H groups in total. The van der Waals surface area contributed by atoms with Gasteiger partial charge in [-0.25, -0.2) is 17.8 Å². The summed E-state index contributed by atoms with van der Waals surface area (Å²) in [4.78, 5) is 5.26. The summed E-state index contributed by atoms with van der Waals surface area (Å²) in [6.07, 6.45) is 18.1. The zero-order valence-electron chi connectivity index (χ0n) is 24.7. The second kappa shape index (κ2) is 14.2. The summed E-state index contributed by atoms with van der Waals surface area (Å²) < 4.78 is 39.4. The second-order valence-electron chi connectivity index (χ2n) is 11.0. The van der Waals surface area contributed by atoms with Crippen molar-refractivity contribution in [2.24, 2.45) is 10.9 Å². The molecule has 2 aliphatic carbocycles. The molecule has 0 fully saturated rings. The van der Waals surface area contributed by atoms with Gasteiger partial charge < -0.3 is 0 Å². The van der Waals surface area contributed by atoms with Crippen molar-refractivity contribution in [2.75, 3.05) is 6.26 Å².